The van der Waals surface area contributed by atoms with Crippen molar-refractivity contribution >= 4 is 5.95 Å². The normalized spacial score (nSPS) is 21.2. The summed E-state index contributed by atoms with van der Waals surface area (Å²) in [6.07, 6.45) is 0.0933. The van der Waals surface area contributed by atoms with Crippen LogP contribution in [-0.4, -0.2) is 34.8 Å². The van der Waals surface area contributed by atoms with E-state index in [0.29, 0.717) is 24.8 Å². The van der Waals surface area contributed by atoms with Crippen LogP contribution in [0.1, 0.15) is 23.7 Å². The molecule has 0 amide bonds. The lowest BCUT2D eigenvalue weighted by Crippen LogP contribution is -2.26. The van der Waals surface area contributed by atoms with Gasteiger partial charge in [0.25, 0.3) is 0 Å². The van der Waals surface area contributed by atoms with Gasteiger partial charge in [-0.05, 0) is 31.0 Å². The molecule has 1 fully saturated rings. The number of aliphatic hydroxyl groups excluding tert-OH is 1. The maximum Gasteiger partial charge on any atom is 0.229 e. The maximum absolute atomic E-state index is 13.1. The number of ether oxygens (including phenoxy) is 1. The molecule has 0 radical (unpaired) electrons. The minimum Gasteiger partial charge on any atom is -0.481 e. The Balaban J connectivity index is 1.97. The molecule has 0 unspecified atom stereocenters. The molecular formula is C16H18FN3O2. The standard InChI is InChI=1S/C16H18FN3O2/c1-10-7-15(22-2)19-16(18-10)20-9-13(21)8-14(20)11-3-5-12(17)6-4-11/h3-7,13-14,21H,8-9H2,1-2H3/t13-,14+/m0/s1. The Morgan fingerprint density at radius 1 is 1.27 bits per heavy atom. The van der Waals surface area contributed by atoms with Crippen molar-refractivity contribution in [1.82, 2.24) is 9.97 Å². The van der Waals surface area contributed by atoms with Gasteiger partial charge < -0.3 is 14.7 Å². The number of hydrogen-bond donors (Lipinski definition) is 1. The Hall–Kier alpha value is -2.21. The first-order valence-corrected chi connectivity index (χ1v) is 7.16. The summed E-state index contributed by atoms with van der Waals surface area (Å²) in [4.78, 5) is 10.7. The Bertz CT molecular complexity index is 663. The number of aliphatic hydroxyl groups is 1. The molecule has 1 saturated heterocycles. The van der Waals surface area contributed by atoms with Crippen LogP contribution in [0.25, 0.3) is 0 Å². The van der Waals surface area contributed by atoms with Crippen LogP contribution in [-0.2, 0) is 0 Å². The molecule has 116 valence electrons. The van der Waals surface area contributed by atoms with Crippen LogP contribution in [0.2, 0.25) is 0 Å². The summed E-state index contributed by atoms with van der Waals surface area (Å²) in [5, 5.41) is 10.0. The lowest BCUT2D eigenvalue weighted by Gasteiger charge is -2.25. The Morgan fingerprint density at radius 2 is 2.00 bits per heavy atom. The molecule has 0 aliphatic carbocycles. The smallest absolute Gasteiger partial charge is 0.229 e. The largest absolute Gasteiger partial charge is 0.481 e. The zero-order chi connectivity index (χ0) is 15.7. The number of rotatable bonds is 3. The van der Waals surface area contributed by atoms with E-state index in [2.05, 4.69) is 9.97 Å². The fraction of sp³-hybridized carbons (Fsp3) is 0.375. The third-order valence-electron chi connectivity index (χ3n) is 3.82. The van der Waals surface area contributed by atoms with Gasteiger partial charge in [0.2, 0.25) is 11.8 Å². The first-order valence-electron chi connectivity index (χ1n) is 7.16. The predicted molar refractivity (Wildman–Crippen MR) is 80.4 cm³/mol. The zero-order valence-electron chi connectivity index (χ0n) is 12.5. The molecule has 3 rings (SSSR count). The van der Waals surface area contributed by atoms with E-state index in [1.54, 1.807) is 25.3 Å². The van der Waals surface area contributed by atoms with Crippen LogP contribution in [0.5, 0.6) is 5.88 Å². The zero-order valence-corrected chi connectivity index (χ0v) is 12.5. The van der Waals surface area contributed by atoms with Crippen LogP contribution in [0.15, 0.2) is 30.3 Å². The van der Waals surface area contributed by atoms with E-state index in [9.17, 15) is 9.50 Å². The molecule has 1 N–H and O–H groups in total. The van der Waals surface area contributed by atoms with E-state index in [-0.39, 0.29) is 11.9 Å². The fourth-order valence-electron chi connectivity index (χ4n) is 2.79. The number of β-amino-alcohol motifs (C(OH)–C–C–N with tert-alkyl or cyclic N) is 1. The molecule has 1 aliphatic rings. The van der Waals surface area contributed by atoms with E-state index >= 15 is 0 Å². The number of aromatic nitrogens is 2. The minimum absolute atomic E-state index is 0.0814. The van der Waals surface area contributed by atoms with E-state index in [1.165, 1.54) is 12.1 Å². The van der Waals surface area contributed by atoms with Gasteiger partial charge in [0, 0.05) is 18.3 Å². The summed E-state index contributed by atoms with van der Waals surface area (Å²) in [5.41, 5.74) is 1.73. The van der Waals surface area contributed by atoms with Crippen LogP contribution in [0.4, 0.5) is 10.3 Å². The molecule has 0 bridgehead atoms. The third kappa shape index (κ3) is 2.87. The summed E-state index contributed by atoms with van der Waals surface area (Å²) in [6, 6.07) is 7.99. The summed E-state index contributed by atoms with van der Waals surface area (Å²) in [6.45, 7) is 2.31. The van der Waals surface area contributed by atoms with Gasteiger partial charge in [0.15, 0.2) is 0 Å². The average Bonchev–Trinajstić information content (AvgIpc) is 2.89. The third-order valence-corrected chi connectivity index (χ3v) is 3.82. The van der Waals surface area contributed by atoms with Gasteiger partial charge in [-0.2, -0.15) is 4.98 Å². The highest BCUT2D eigenvalue weighted by Crippen LogP contribution is 2.35. The van der Waals surface area contributed by atoms with Crippen molar-refractivity contribution in [3.63, 3.8) is 0 Å². The Labute approximate surface area is 128 Å². The monoisotopic (exact) mass is 303 g/mol. The van der Waals surface area contributed by atoms with Gasteiger partial charge in [-0.15, -0.1) is 0 Å². The van der Waals surface area contributed by atoms with E-state index in [0.717, 1.165) is 11.3 Å². The molecule has 0 spiro atoms. The van der Waals surface area contributed by atoms with Gasteiger partial charge >= 0.3 is 0 Å². The number of methoxy groups -OCH3 is 1. The molecule has 5 nitrogen and oxygen atoms in total. The predicted octanol–water partition coefficient (Wildman–Crippen LogP) is 2.25. The molecule has 1 aromatic heterocycles. The van der Waals surface area contributed by atoms with Crippen molar-refractivity contribution in [1.29, 1.82) is 0 Å². The van der Waals surface area contributed by atoms with Gasteiger partial charge in [0.05, 0.1) is 19.3 Å². The maximum atomic E-state index is 13.1. The van der Waals surface area contributed by atoms with E-state index < -0.39 is 6.10 Å². The van der Waals surface area contributed by atoms with Crippen molar-refractivity contribution in [2.45, 2.75) is 25.5 Å². The first-order chi connectivity index (χ1) is 10.6. The Morgan fingerprint density at radius 3 is 2.68 bits per heavy atom. The average molecular weight is 303 g/mol. The quantitative estimate of drug-likeness (QED) is 0.942. The summed E-state index contributed by atoms with van der Waals surface area (Å²) >= 11 is 0. The van der Waals surface area contributed by atoms with Crippen LogP contribution < -0.4 is 9.64 Å². The van der Waals surface area contributed by atoms with Crippen molar-refractivity contribution in [3.8, 4) is 5.88 Å². The van der Waals surface area contributed by atoms with Crippen LogP contribution >= 0.6 is 0 Å². The second kappa shape index (κ2) is 5.88. The molecular weight excluding hydrogens is 285 g/mol. The number of aryl methyl sites for hydroxylation is 1. The first kappa shape index (κ1) is 14.7. The molecule has 2 atom stereocenters. The van der Waals surface area contributed by atoms with Gasteiger partial charge in [-0.1, -0.05) is 12.1 Å². The molecule has 2 aromatic rings. The van der Waals surface area contributed by atoms with Gasteiger partial charge in [-0.3, -0.25) is 0 Å². The van der Waals surface area contributed by atoms with Gasteiger partial charge in [0.1, 0.15) is 5.82 Å². The highest BCUT2D eigenvalue weighted by molar-refractivity contribution is 5.41. The van der Waals surface area contributed by atoms with Crippen molar-refractivity contribution in [3.05, 3.63) is 47.4 Å². The van der Waals surface area contributed by atoms with Crippen molar-refractivity contribution in [2.75, 3.05) is 18.6 Å². The molecule has 0 saturated carbocycles. The van der Waals surface area contributed by atoms with Crippen molar-refractivity contribution < 1.29 is 14.2 Å². The number of halogens is 1. The molecule has 1 aromatic carbocycles. The highest BCUT2D eigenvalue weighted by Gasteiger charge is 2.34. The Kier molecular flexibility index (Phi) is 3.94. The van der Waals surface area contributed by atoms with Gasteiger partial charge in [-0.25, -0.2) is 9.37 Å². The lowest BCUT2D eigenvalue weighted by molar-refractivity contribution is 0.194. The van der Waals surface area contributed by atoms with Crippen molar-refractivity contribution in [2.24, 2.45) is 0 Å². The fourth-order valence-corrected chi connectivity index (χ4v) is 2.79. The van der Waals surface area contributed by atoms with Crippen LogP contribution in [0, 0.1) is 12.7 Å². The molecule has 6 heteroatoms. The molecule has 22 heavy (non-hydrogen) atoms. The summed E-state index contributed by atoms with van der Waals surface area (Å²) in [5.74, 6) is 0.729. The number of hydrogen-bond acceptors (Lipinski definition) is 5. The number of anilines is 1. The molecule has 2 heterocycles. The SMILES string of the molecule is COc1cc(C)nc(N2C[C@@H](O)C[C@@H]2c2ccc(F)cc2)n1. The van der Waals surface area contributed by atoms with E-state index in [4.69, 9.17) is 4.74 Å². The number of benzene rings is 1. The summed E-state index contributed by atoms with van der Waals surface area (Å²) < 4.78 is 18.3. The minimum atomic E-state index is -0.467. The van der Waals surface area contributed by atoms with Crippen LogP contribution in [0.3, 0.4) is 0 Å². The second-order valence-corrected chi connectivity index (χ2v) is 5.46. The van der Waals surface area contributed by atoms with E-state index in [1.807, 2.05) is 11.8 Å². The topological polar surface area (TPSA) is 58.5 Å². The second-order valence-electron chi connectivity index (χ2n) is 5.46. The molecule has 1 aliphatic heterocycles. The highest BCUT2D eigenvalue weighted by atomic mass is 19.1. The summed E-state index contributed by atoms with van der Waals surface area (Å²) in [7, 11) is 1.56. The lowest BCUT2D eigenvalue weighted by atomic mass is 10.0. The number of nitrogens with zero attached hydrogens (tertiary/aromatic N) is 3.